The molecule has 0 unspecified atom stereocenters. The molecule has 176 valence electrons. The third-order valence-electron chi connectivity index (χ3n) is 6.51. The molecule has 7 nitrogen and oxygen atoms in total. The number of amides is 2. The molecule has 2 aromatic rings. The molecule has 0 bridgehead atoms. The first-order valence-electron chi connectivity index (χ1n) is 12.0. The SMILES string of the molecule is CC(C)(C)CC(=O)N1CCC(Cc2ccc(N(C(=O)C3CNC3)c3cccnn3)cc2)CC1. The number of carbonyl (C=O) groups is 2. The summed E-state index contributed by atoms with van der Waals surface area (Å²) in [5.41, 5.74) is 2.11. The van der Waals surface area contributed by atoms with Crippen LogP contribution in [0.1, 0.15) is 45.6 Å². The molecule has 2 amide bonds. The molecule has 1 N–H and O–H groups in total. The maximum absolute atomic E-state index is 13.1. The fraction of sp³-hybridized carbons (Fsp3) is 0.538. The van der Waals surface area contributed by atoms with Gasteiger partial charge in [-0.05, 0) is 60.4 Å². The fourth-order valence-electron chi connectivity index (χ4n) is 4.50. The lowest BCUT2D eigenvalue weighted by Gasteiger charge is -2.34. The van der Waals surface area contributed by atoms with E-state index in [0.717, 1.165) is 38.0 Å². The molecular weight excluding hydrogens is 414 g/mol. The van der Waals surface area contributed by atoms with Gasteiger partial charge in [0.05, 0.1) is 11.6 Å². The summed E-state index contributed by atoms with van der Waals surface area (Å²) < 4.78 is 0. The lowest BCUT2D eigenvalue weighted by atomic mass is 9.88. The highest BCUT2D eigenvalue weighted by Crippen LogP contribution is 2.29. The van der Waals surface area contributed by atoms with Crippen molar-refractivity contribution in [2.75, 3.05) is 31.1 Å². The molecule has 0 radical (unpaired) electrons. The molecule has 2 saturated heterocycles. The van der Waals surface area contributed by atoms with Gasteiger partial charge in [-0.25, -0.2) is 0 Å². The molecule has 1 aromatic carbocycles. The van der Waals surface area contributed by atoms with Gasteiger partial charge in [-0.15, -0.1) is 5.10 Å². The van der Waals surface area contributed by atoms with Crippen molar-refractivity contribution in [3.63, 3.8) is 0 Å². The Kier molecular flexibility index (Phi) is 7.08. The van der Waals surface area contributed by atoms with Crippen molar-refractivity contribution < 1.29 is 9.59 Å². The van der Waals surface area contributed by atoms with Gasteiger partial charge in [-0.3, -0.25) is 14.5 Å². The Morgan fingerprint density at radius 3 is 2.33 bits per heavy atom. The van der Waals surface area contributed by atoms with Crippen molar-refractivity contribution >= 4 is 23.3 Å². The zero-order valence-corrected chi connectivity index (χ0v) is 20.0. The number of carbonyl (C=O) groups excluding carboxylic acids is 2. The van der Waals surface area contributed by atoms with E-state index >= 15 is 0 Å². The summed E-state index contributed by atoms with van der Waals surface area (Å²) in [7, 11) is 0. The number of nitrogens with zero attached hydrogens (tertiary/aromatic N) is 4. The first kappa shape index (κ1) is 23.4. The third-order valence-corrected chi connectivity index (χ3v) is 6.51. The Labute approximate surface area is 196 Å². The molecule has 0 spiro atoms. The van der Waals surface area contributed by atoms with Crippen LogP contribution < -0.4 is 10.2 Å². The quantitative estimate of drug-likeness (QED) is 0.729. The Balaban J connectivity index is 1.38. The van der Waals surface area contributed by atoms with Crippen LogP contribution in [-0.2, 0) is 16.0 Å². The molecular formula is C26H35N5O2. The Bertz CT molecular complexity index is 943. The second kappa shape index (κ2) is 10.00. The van der Waals surface area contributed by atoms with Crippen LogP contribution >= 0.6 is 0 Å². The van der Waals surface area contributed by atoms with Crippen molar-refractivity contribution in [3.8, 4) is 0 Å². The molecule has 0 atom stereocenters. The van der Waals surface area contributed by atoms with Gasteiger partial charge in [-0.2, -0.15) is 5.10 Å². The van der Waals surface area contributed by atoms with Gasteiger partial charge in [0.2, 0.25) is 11.8 Å². The highest BCUT2D eigenvalue weighted by atomic mass is 16.2. The van der Waals surface area contributed by atoms with Crippen molar-refractivity contribution in [2.24, 2.45) is 17.3 Å². The molecule has 3 heterocycles. The van der Waals surface area contributed by atoms with Gasteiger partial charge >= 0.3 is 0 Å². The maximum Gasteiger partial charge on any atom is 0.238 e. The molecule has 33 heavy (non-hydrogen) atoms. The summed E-state index contributed by atoms with van der Waals surface area (Å²) in [6.07, 6.45) is 5.29. The predicted molar refractivity (Wildman–Crippen MR) is 129 cm³/mol. The summed E-state index contributed by atoms with van der Waals surface area (Å²) in [5, 5.41) is 11.3. The van der Waals surface area contributed by atoms with Crippen molar-refractivity contribution in [2.45, 2.75) is 46.5 Å². The largest absolute Gasteiger partial charge is 0.343 e. The first-order valence-corrected chi connectivity index (χ1v) is 12.0. The van der Waals surface area contributed by atoms with Crippen LogP contribution in [0.25, 0.3) is 0 Å². The van der Waals surface area contributed by atoms with E-state index in [-0.39, 0.29) is 23.1 Å². The third kappa shape index (κ3) is 5.96. The summed E-state index contributed by atoms with van der Waals surface area (Å²) in [5.74, 6) is 1.43. The average Bonchev–Trinajstić information content (AvgIpc) is 2.74. The topological polar surface area (TPSA) is 78.4 Å². The predicted octanol–water partition coefficient (Wildman–Crippen LogP) is 3.58. The van der Waals surface area contributed by atoms with Crippen molar-refractivity contribution in [3.05, 3.63) is 48.2 Å². The average molecular weight is 450 g/mol. The van der Waals surface area contributed by atoms with Crippen LogP contribution in [0.4, 0.5) is 11.5 Å². The number of rotatable bonds is 6. The number of hydrogen-bond donors (Lipinski definition) is 1. The zero-order chi connectivity index (χ0) is 23.4. The van der Waals surface area contributed by atoms with Crippen LogP contribution in [0.15, 0.2) is 42.6 Å². The Hall–Kier alpha value is -2.80. The molecule has 2 aliphatic rings. The monoisotopic (exact) mass is 449 g/mol. The summed E-state index contributed by atoms with van der Waals surface area (Å²) in [6, 6.07) is 11.9. The van der Waals surface area contributed by atoms with Crippen molar-refractivity contribution in [1.29, 1.82) is 0 Å². The smallest absolute Gasteiger partial charge is 0.238 e. The van der Waals surface area contributed by atoms with Crippen LogP contribution in [0.2, 0.25) is 0 Å². The minimum Gasteiger partial charge on any atom is -0.343 e. The highest BCUT2D eigenvalue weighted by Gasteiger charge is 2.32. The van der Waals surface area contributed by atoms with Crippen molar-refractivity contribution in [1.82, 2.24) is 20.4 Å². The first-order chi connectivity index (χ1) is 15.8. The molecule has 0 aliphatic carbocycles. The van der Waals surface area contributed by atoms with Crippen LogP contribution in [0.3, 0.4) is 0 Å². The molecule has 2 aliphatic heterocycles. The summed E-state index contributed by atoms with van der Waals surface area (Å²) in [6.45, 7) is 9.44. The van der Waals surface area contributed by atoms with Crippen LogP contribution in [0, 0.1) is 17.3 Å². The molecule has 7 heteroatoms. The van der Waals surface area contributed by atoms with E-state index in [1.807, 2.05) is 23.1 Å². The minimum absolute atomic E-state index is 0.0298. The zero-order valence-electron chi connectivity index (χ0n) is 20.0. The normalized spacial score (nSPS) is 17.5. The Morgan fingerprint density at radius 2 is 1.79 bits per heavy atom. The van der Waals surface area contributed by atoms with E-state index in [9.17, 15) is 9.59 Å². The number of aromatic nitrogens is 2. The number of piperidine rings is 1. The second-order valence-corrected chi connectivity index (χ2v) is 10.5. The summed E-state index contributed by atoms with van der Waals surface area (Å²) >= 11 is 0. The minimum atomic E-state index is -0.0298. The standard InChI is InChI=1S/C26H35N5O2/c1-26(2,3)16-24(32)30-13-10-20(11-14-30)15-19-6-8-22(9-7-19)31(23-5-4-12-28-29-23)25(33)21-17-27-18-21/h4-9,12,20-21,27H,10-11,13-18H2,1-3H3. The lowest BCUT2D eigenvalue weighted by Crippen LogP contribution is -2.51. The fourth-order valence-corrected chi connectivity index (χ4v) is 4.50. The molecule has 1 aromatic heterocycles. The molecule has 0 saturated carbocycles. The highest BCUT2D eigenvalue weighted by molar-refractivity contribution is 6.01. The summed E-state index contributed by atoms with van der Waals surface area (Å²) in [4.78, 5) is 29.3. The van der Waals surface area contributed by atoms with E-state index in [1.54, 1.807) is 17.2 Å². The maximum atomic E-state index is 13.1. The van der Waals surface area contributed by atoms with Crippen LogP contribution in [0.5, 0.6) is 0 Å². The molecule has 2 fully saturated rings. The van der Waals surface area contributed by atoms with E-state index in [2.05, 4.69) is 48.4 Å². The van der Waals surface area contributed by atoms with E-state index in [0.29, 0.717) is 31.2 Å². The van der Waals surface area contributed by atoms with Gasteiger partial charge in [0.25, 0.3) is 0 Å². The van der Waals surface area contributed by atoms with Crippen LogP contribution in [-0.4, -0.2) is 53.1 Å². The Morgan fingerprint density at radius 1 is 1.09 bits per heavy atom. The van der Waals surface area contributed by atoms with E-state index < -0.39 is 0 Å². The number of likely N-dealkylation sites (tertiary alicyclic amines) is 1. The molecule has 4 rings (SSSR count). The lowest BCUT2D eigenvalue weighted by molar-refractivity contribution is -0.134. The number of nitrogens with one attached hydrogen (secondary N) is 1. The van der Waals surface area contributed by atoms with Gasteiger partial charge < -0.3 is 10.2 Å². The van der Waals surface area contributed by atoms with Gasteiger partial charge in [0, 0.05) is 38.8 Å². The number of anilines is 2. The van der Waals surface area contributed by atoms with Gasteiger partial charge in [0.15, 0.2) is 5.82 Å². The number of benzene rings is 1. The van der Waals surface area contributed by atoms with E-state index in [1.165, 1.54) is 5.56 Å². The van der Waals surface area contributed by atoms with Gasteiger partial charge in [-0.1, -0.05) is 32.9 Å². The van der Waals surface area contributed by atoms with E-state index in [4.69, 9.17) is 0 Å². The van der Waals surface area contributed by atoms with Gasteiger partial charge in [0.1, 0.15) is 0 Å². The number of hydrogen-bond acceptors (Lipinski definition) is 5. The second-order valence-electron chi connectivity index (χ2n) is 10.5.